The molecule has 0 aromatic heterocycles. The van der Waals surface area contributed by atoms with Gasteiger partial charge in [-0.25, -0.2) is 4.39 Å². The summed E-state index contributed by atoms with van der Waals surface area (Å²) in [4.78, 5) is 0. The van der Waals surface area contributed by atoms with Crippen molar-refractivity contribution in [2.45, 2.75) is 19.8 Å². The van der Waals surface area contributed by atoms with Crippen LogP contribution in [0.15, 0.2) is 48.5 Å². The highest BCUT2D eigenvalue weighted by Crippen LogP contribution is 2.15. The highest BCUT2D eigenvalue weighted by molar-refractivity contribution is 5.44. The molecule has 2 aromatic carbocycles. The van der Waals surface area contributed by atoms with Crippen LogP contribution in [0.4, 0.5) is 4.39 Å². The molecule has 0 fully saturated rings. The maximum Gasteiger partial charge on any atom is 0.124 e. The van der Waals surface area contributed by atoms with Crippen LogP contribution in [-0.4, -0.2) is 0 Å². The molecule has 0 aliphatic heterocycles. The first-order valence-electron chi connectivity index (χ1n) is 6.03. The lowest BCUT2D eigenvalue weighted by Crippen LogP contribution is -1.87. The summed E-state index contributed by atoms with van der Waals surface area (Å²) in [6.07, 6.45) is 0. The van der Waals surface area contributed by atoms with Crippen molar-refractivity contribution in [3.63, 3.8) is 0 Å². The minimum Gasteiger partial charge on any atom is -0.207 e. The third kappa shape index (κ3) is 3.21. The molecule has 0 nitrogen and oxygen atoms in total. The Bertz CT molecular complexity index is 600. The van der Waals surface area contributed by atoms with E-state index in [9.17, 15) is 4.39 Å². The van der Waals surface area contributed by atoms with E-state index in [4.69, 9.17) is 0 Å². The van der Waals surface area contributed by atoms with E-state index in [0.29, 0.717) is 11.5 Å². The van der Waals surface area contributed by atoms with E-state index in [1.54, 1.807) is 6.07 Å². The van der Waals surface area contributed by atoms with E-state index >= 15 is 0 Å². The Balaban J connectivity index is 2.27. The Morgan fingerprint density at radius 1 is 0.889 bits per heavy atom. The van der Waals surface area contributed by atoms with E-state index < -0.39 is 0 Å². The lowest BCUT2D eigenvalue weighted by atomic mass is 10.0. The Hall–Kier alpha value is -2.07. The van der Waals surface area contributed by atoms with Gasteiger partial charge >= 0.3 is 0 Å². The van der Waals surface area contributed by atoms with Crippen molar-refractivity contribution in [2.24, 2.45) is 0 Å². The van der Waals surface area contributed by atoms with Crippen LogP contribution < -0.4 is 0 Å². The van der Waals surface area contributed by atoms with Crippen molar-refractivity contribution in [1.29, 1.82) is 0 Å². The van der Waals surface area contributed by atoms with Crippen molar-refractivity contribution in [1.82, 2.24) is 0 Å². The second kappa shape index (κ2) is 5.51. The highest BCUT2D eigenvalue weighted by atomic mass is 19.1. The van der Waals surface area contributed by atoms with Crippen molar-refractivity contribution in [3.8, 4) is 11.8 Å². The molecule has 0 unspecified atom stereocenters. The van der Waals surface area contributed by atoms with Gasteiger partial charge in [-0.05, 0) is 41.8 Å². The predicted octanol–water partition coefficient (Wildman–Crippen LogP) is 4.35. The van der Waals surface area contributed by atoms with E-state index in [0.717, 1.165) is 5.56 Å². The van der Waals surface area contributed by atoms with Crippen molar-refractivity contribution in [3.05, 3.63) is 71.0 Å². The average molecular weight is 238 g/mol. The van der Waals surface area contributed by atoms with Crippen LogP contribution in [0.2, 0.25) is 0 Å². The van der Waals surface area contributed by atoms with E-state index in [1.165, 1.54) is 17.7 Å². The van der Waals surface area contributed by atoms with Crippen LogP contribution >= 0.6 is 0 Å². The fourth-order valence-electron chi connectivity index (χ4n) is 1.69. The fourth-order valence-corrected chi connectivity index (χ4v) is 1.69. The number of hydrogen-bond acceptors (Lipinski definition) is 0. The van der Waals surface area contributed by atoms with Gasteiger partial charge in [0.05, 0.1) is 0 Å². The predicted molar refractivity (Wildman–Crippen MR) is 72.9 cm³/mol. The van der Waals surface area contributed by atoms with Crippen molar-refractivity contribution < 1.29 is 4.39 Å². The summed E-state index contributed by atoms with van der Waals surface area (Å²) in [6.45, 7) is 4.30. The van der Waals surface area contributed by atoms with Gasteiger partial charge in [0.1, 0.15) is 5.82 Å². The second-order valence-corrected chi connectivity index (χ2v) is 4.54. The summed E-state index contributed by atoms with van der Waals surface area (Å²) in [5, 5.41) is 0. The van der Waals surface area contributed by atoms with Crippen molar-refractivity contribution >= 4 is 0 Å². The van der Waals surface area contributed by atoms with Crippen LogP contribution in [0, 0.1) is 17.7 Å². The average Bonchev–Trinajstić information content (AvgIpc) is 2.37. The van der Waals surface area contributed by atoms with Crippen molar-refractivity contribution in [2.75, 3.05) is 0 Å². The molecule has 2 rings (SSSR count). The first-order valence-corrected chi connectivity index (χ1v) is 6.03. The summed E-state index contributed by atoms with van der Waals surface area (Å²) < 4.78 is 13.0. The molecule has 0 radical (unpaired) electrons. The number of hydrogen-bond donors (Lipinski definition) is 0. The first-order chi connectivity index (χ1) is 8.65. The Kier molecular flexibility index (Phi) is 3.79. The third-order valence-corrected chi connectivity index (χ3v) is 2.73. The fraction of sp³-hybridized carbons (Fsp3) is 0.176. The molecule has 0 saturated carbocycles. The van der Waals surface area contributed by atoms with Gasteiger partial charge in [-0.3, -0.25) is 0 Å². The number of halogens is 1. The summed E-state index contributed by atoms with van der Waals surface area (Å²) in [7, 11) is 0. The van der Waals surface area contributed by atoms with E-state index in [-0.39, 0.29) is 5.82 Å². The normalized spacial score (nSPS) is 10.0. The van der Waals surface area contributed by atoms with Gasteiger partial charge in [-0.2, -0.15) is 0 Å². The monoisotopic (exact) mass is 238 g/mol. The van der Waals surface area contributed by atoms with Gasteiger partial charge < -0.3 is 0 Å². The Morgan fingerprint density at radius 3 is 2.11 bits per heavy atom. The molecule has 0 aliphatic carbocycles. The molecule has 18 heavy (non-hydrogen) atoms. The SMILES string of the molecule is CC(C)c1cccc(C#Cc2cccc(F)c2)c1. The lowest BCUT2D eigenvalue weighted by Gasteiger charge is -2.04. The molecule has 0 bridgehead atoms. The molecule has 1 heteroatoms. The number of rotatable bonds is 1. The van der Waals surface area contributed by atoms with E-state index in [1.807, 2.05) is 18.2 Å². The summed E-state index contributed by atoms with van der Waals surface area (Å²) in [6, 6.07) is 14.5. The summed E-state index contributed by atoms with van der Waals surface area (Å²) >= 11 is 0. The molecule has 90 valence electrons. The smallest absolute Gasteiger partial charge is 0.124 e. The molecule has 0 aliphatic rings. The van der Waals surface area contributed by atoms with Gasteiger partial charge in [0.25, 0.3) is 0 Å². The van der Waals surface area contributed by atoms with Crippen LogP contribution in [0.1, 0.15) is 36.5 Å². The minimum atomic E-state index is -0.252. The Morgan fingerprint density at radius 2 is 1.50 bits per heavy atom. The minimum absolute atomic E-state index is 0.252. The van der Waals surface area contributed by atoms with Crippen LogP contribution in [-0.2, 0) is 0 Å². The summed E-state index contributed by atoms with van der Waals surface area (Å²) in [5.74, 6) is 6.28. The maximum atomic E-state index is 13.0. The molecule has 0 saturated heterocycles. The molecule has 0 amide bonds. The van der Waals surface area contributed by atoms with Crippen LogP contribution in [0.3, 0.4) is 0 Å². The molecular weight excluding hydrogens is 223 g/mol. The van der Waals surface area contributed by atoms with Gasteiger partial charge in [0.2, 0.25) is 0 Å². The van der Waals surface area contributed by atoms with Gasteiger partial charge in [-0.15, -0.1) is 0 Å². The second-order valence-electron chi connectivity index (χ2n) is 4.54. The largest absolute Gasteiger partial charge is 0.207 e. The Labute approximate surface area is 107 Å². The maximum absolute atomic E-state index is 13.0. The zero-order chi connectivity index (χ0) is 13.0. The van der Waals surface area contributed by atoms with E-state index in [2.05, 4.69) is 37.8 Å². The first kappa shape index (κ1) is 12.4. The van der Waals surface area contributed by atoms with Crippen LogP contribution in [0.5, 0.6) is 0 Å². The molecule has 2 aromatic rings. The molecule has 0 atom stereocenters. The molecule has 0 spiro atoms. The molecule has 0 heterocycles. The standard InChI is InChI=1S/C17H15F/c1-13(2)16-7-3-5-14(11-16)9-10-15-6-4-8-17(18)12-15/h3-8,11-13H,1-2H3. The quantitative estimate of drug-likeness (QED) is 0.648. The van der Waals surface area contributed by atoms with Gasteiger partial charge in [0.15, 0.2) is 0 Å². The zero-order valence-electron chi connectivity index (χ0n) is 10.6. The third-order valence-electron chi connectivity index (χ3n) is 2.73. The number of benzene rings is 2. The van der Waals surface area contributed by atoms with Crippen LogP contribution in [0.25, 0.3) is 0 Å². The van der Waals surface area contributed by atoms with Gasteiger partial charge in [-0.1, -0.05) is 43.9 Å². The molecule has 0 N–H and O–H groups in total. The topological polar surface area (TPSA) is 0 Å². The molecular formula is C17H15F. The lowest BCUT2D eigenvalue weighted by molar-refractivity contribution is 0.627. The summed E-state index contributed by atoms with van der Waals surface area (Å²) in [5.41, 5.74) is 2.93. The highest BCUT2D eigenvalue weighted by Gasteiger charge is 1.98. The zero-order valence-corrected chi connectivity index (χ0v) is 10.6. The van der Waals surface area contributed by atoms with Gasteiger partial charge in [0, 0.05) is 11.1 Å².